The van der Waals surface area contributed by atoms with Crippen molar-refractivity contribution in [2.45, 2.75) is 34.1 Å². The van der Waals surface area contributed by atoms with Crippen molar-refractivity contribution in [1.82, 2.24) is 0 Å². The van der Waals surface area contributed by atoms with Crippen molar-refractivity contribution in [1.29, 1.82) is 0 Å². The van der Waals surface area contributed by atoms with E-state index >= 15 is 0 Å². The number of carbonyl (C=O) groups excluding carboxylic acids is 2. The van der Waals surface area contributed by atoms with Crippen molar-refractivity contribution in [3.05, 3.63) is 58.7 Å². The molecule has 2 amide bonds. The fourth-order valence-electron chi connectivity index (χ4n) is 2.54. The normalized spacial score (nSPS) is 10.3. The maximum absolute atomic E-state index is 12.1. The van der Waals surface area contributed by atoms with Crippen LogP contribution in [0.3, 0.4) is 0 Å². The molecule has 4 heteroatoms. The molecular formula is C19H22N2O2. The molecule has 0 aliphatic carbocycles. The highest BCUT2D eigenvalue weighted by atomic mass is 16.2. The third-order valence-electron chi connectivity index (χ3n) is 3.81. The minimum Gasteiger partial charge on any atom is -0.325 e. The Balaban J connectivity index is 2.02. The lowest BCUT2D eigenvalue weighted by Gasteiger charge is -2.13. The third kappa shape index (κ3) is 4.19. The van der Waals surface area contributed by atoms with Gasteiger partial charge in [0, 0.05) is 11.4 Å². The molecule has 0 spiro atoms. The molecule has 0 atom stereocenters. The predicted octanol–water partition coefficient (Wildman–Crippen LogP) is 3.89. The molecule has 0 heterocycles. The summed E-state index contributed by atoms with van der Waals surface area (Å²) in [6.07, 6.45) is -0.207. The summed E-state index contributed by atoms with van der Waals surface area (Å²) in [6, 6.07) is 11.6. The van der Waals surface area contributed by atoms with E-state index in [2.05, 4.69) is 10.6 Å². The second-order valence-electron chi connectivity index (χ2n) is 5.81. The monoisotopic (exact) mass is 310 g/mol. The van der Waals surface area contributed by atoms with Gasteiger partial charge in [0.2, 0.25) is 11.8 Å². The Morgan fingerprint density at radius 1 is 0.696 bits per heavy atom. The SMILES string of the molecule is Cc1cccc(C)c1NC(=O)CC(=O)Nc1c(C)cccc1C. The van der Waals surface area contributed by atoms with Gasteiger partial charge in [-0.15, -0.1) is 0 Å². The van der Waals surface area contributed by atoms with Crippen molar-refractivity contribution >= 4 is 23.2 Å². The summed E-state index contributed by atoms with van der Waals surface area (Å²) in [4.78, 5) is 24.2. The van der Waals surface area contributed by atoms with E-state index in [4.69, 9.17) is 0 Å². The highest BCUT2D eigenvalue weighted by molar-refractivity contribution is 6.08. The smallest absolute Gasteiger partial charge is 0.233 e. The Labute approximate surface area is 136 Å². The lowest BCUT2D eigenvalue weighted by atomic mass is 10.1. The molecule has 0 unspecified atom stereocenters. The summed E-state index contributed by atoms with van der Waals surface area (Å²) in [5, 5.41) is 5.65. The Morgan fingerprint density at radius 3 is 1.30 bits per heavy atom. The summed E-state index contributed by atoms with van der Waals surface area (Å²) < 4.78 is 0. The van der Waals surface area contributed by atoms with Gasteiger partial charge in [-0.25, -0.2) is 0 Å². The minimum atomic E-state index is -0.314. The van der Waals surface area contributed by atoms with E-state index in [1.54, 1.807) is 0 Å². The number of rotatable bonds is 4. The number of benzene rings is 2. The zero-order chi connectivity index (χ0) is 17.0. The Bertz CT molecular complexity index is 647. The third-order valence-corrected chi connectivity index (χ3v) is 3.81. The van der Waals surface area contributed by atoms with E-state index in [1.165, 1.54) is 0 Å². The zero-order valence-corrected chi connectivity index (χ0v) is 14.0. The van der Waals surface area contributed by atoms with Gasteiger partial charge < -0.3 is 10.6 Å². The Hall–Kier alpha value is -2.62. The van der Waals surface area contributed by atoms with Crippen LogP contribution < -0.4 is 10.6 Å². The highest BCUT2D eigenvalue weighted by Crippen LogP contribution is 2.21. The van der Waals surface area contributed by atoms with Crippen LogP contribution in [0.1, 0.15) is 28.7 Å². The molecule has 0 fully saturated rings. The highest BCUT2D eigenvalue weighted by Gasteiger charge is 2.13. The lowest BCUT2D eigenvalue weighted by Crippen LogP contribution is -2.22. The van der Waals surface area contributed by atoms with Gasteiger partial charge in [-0.2, -0.15) is 0 Å². The maximum atomic E-state index is 12.1. The largest absolute Gasteiger partial charge is 0.325 e. The Kier molecular flexibility index (Phi) is 5.16. The van der Waals surface area contributed by atoms with Gasteiger partial charge >= 0.3 is 0 Å². The summed E-state index contributed by atoms with van der Waals surface area (Å²) in [5.74, 6) is -0.628. The number of para-hydroxylation sites is 2. The van der Waals surface area contributed by atoms with Gasteiger partial charge in [0.25, 0.3) is 0 Å². The van der Waals surface area contributed by atoms with Crippen LogP contribution in [0.5, 0.6) is 0 Å². The second kappa shape index (κ2) is 7.09. The molecule has 0 aliphatic rings. The lowest BCUT2D eigenvalue weighted by molar-refractivity contribution is -0.123. The van der Waals surface area contributed by atoms with Crippen molar-refractivity contribution in [2.24, 2.45) is 0 Å². The number of amides is 2. The summed E-state index contributed by atoms with van der Waals surface area (Å²) in [7, 11) is 0. The molecular weight excluding hydrogens is 288 g/mol. The van der Waals surface area contributed by atoms with Crippen LogP contribution in [0, 0.1) is 27.7 Å². The topological polar surface area (TPSA) is 58.2 Å². The van der Waals surface area contributed by atoms with Crippen LogP contribution in [0.25, 0.3) is 0 Å². The van der Waals surface area contributed by atoms with E-state index in [9.17, 15) is 9.59 Å². The molecule has 0 saturated heterocycles. The molecule has 0 aliphatic heterocycles. The van der Waals surface area contributed by atoms with Crippen molar-refractivity contribution in [3.63, 3.8) is 0 Å². The number of aryl methyl sites for hydroxylation is 4. The Morgan fingerprint density at radius 2 is 1.00 bits per heavy atom. The number of hydrogen-bond donors (Lipinski definition) is 2. The number of carbonyl (C=O) groups is 2. The van der Waals surface area contributed by atoms with E-state index in [-0.39, 0.29) is 18.2 Å². The molecule has 2 aromatic carbocycles. The molecule has 120 valence electrons. The molecule has 23 heavy (non-hydrogen) atoms. The van der Waals surface area contributed by atoms with Crippen molar-refractivity contribution < 1.29 is 9.59 Å². The fourth-order valence-corrected chi connectivity index (χ4v) is 2.54. The van der Waals surface area contributed by atoms with E-state index < -0.39 is 0 Å². The fraction of sp³-hybridized carbons (Fsp3) is 0.263. The molecule has 0 saturated carbocycles. The quantitative estimate of drug-likeness (QED) is 0.842. The van der Waals surface area contributed by atoms with Gasteiger partial charge in [0.1, 0.15) is 6.42 Å². The molecule has 0 radical (unpaired) electrons. The first kappa shape index (κ1) is 16.7. The number of anilines is 2. The van der Waals surface area contributed by atoms with Crippen LogP contribution in [0.4, 0.5) is 11.4 Å². The van der Waals surface area contributed by atoms with Crippen LogP contribution >= 0.6 is 0 Å². The molecule has 0 bridgehead atoms. The standard InChI is InChI=1S/C19H22N2O2/c1-12-7-5-8-13(2)18(12)20-16(22)11-17(23)21-19-14(3)9-6-10-15(19)4/h5-10H,11H2,1-4H3,(H,20,22)(H,21,23). The van der Waals surface area contributed by atoms with E-state index in [0.29, 0.717) is 0 Å². The molecule has 2 rings (SSSR count). The number of nitrogens with one attached hydrogen (secondary N) is 2. The summed E-state index contributed by atoms with van der Waals surface area (Å²) in [5.41, 5.74) is 5.47. The minimum absolute atomic E-state index is 0.207. The average Bonchev–Trinajstić information content (AvgIpc) is 2.47. The van der Waals surface area contributed by atoms with Crippen LogP contribution in [0.15, 0.2) is 36.4 Å². The van der Waals surface area contributed by atoms with Crippen LogP contribution in [-0.4, -0.2) is 11.8 Å². The van der Waals surface area contributed by atoms with Gasteiger partial charge in [-0.05, 0) is 49.9 Å². The van der Waals surface area contributed by atoms with Gasteiger partial charge in [-0.3, -0.25) is 9.59 Å². The summed E-state index contributed by atoms with van der Waals surface area (Å²) in [6.45, 7) is 7.72. The van der Waals surface area contributed by atoms with Gasteiger partial charge in [0.05, 0.1) is 0 Å². The molecule has 2 N–H and O–H groups in total. The average molecular weight is 310 g/mol. The first-order chi connectivity index (χ1) is 10.9. The van der Waals surface area contributed by atoms with Crippen molar-refractivity contribution in [2.75, 3.05) is 10.6 Å². The van der Waals surface area contributed by atoms with E-state index in [0.717, 1.165) is 33.6 Å². The van der Waals surface area contributed by atoms with E-state index in [1.807, 2.05) is 64.1 Å². The summed E-state index contributed by atoms with van der Waals surface area (Å²) >= 11 is 0. The van der Waals surface area contributed by atoms with Gasteiger partial charge in [0.15, 0.2) is 0 Å². The first-order valence-electron chi connectivity index (χ1n) is 7.60. The van der Waals surface area contributed by atoms with Crippen molar-refractivity contribution in [3.8, 4) is 0 Å². The maximum Gasteiger partial charge on any atom is 0.233 e. The first-order valence-corrected chi connectivity index (χ1v) is 7.60. The van der Waals surface area contributed by atoms with Crippen LogP contribution in [0.2, 0.25) is 0 Å². The predicted molar refractivity (Wildman–Crippen MR) is 93.7 cm³/mol. The molecule has 2 aromatic rings. The zero-order valence-electron chi connectivity index (χ0n) is 14.0. The second-order valence-corrected chi connectivity index (χ2v) is 5.81. The molecule has 4 nitrogen and oxygen atoms in total. The molecule has 0 aromatic heterocycles. The number of hydrogen-bond acceptors (Lipinski definition) is 2. The van der Waals surface area contributed by atoms with Crippen LogP contribution in [-0.2, 0) is 9.59 Å². The van der Waals surface area contributed by atoms with Gasteiger partial charge in [-0.1, -0.05) is 36.4 Å².